The molecule has 0 bridgehead atoms. The van der Waals surface area contributed by atoms with Gasteiger partial charge in [-0.15, -0.1) is 18.3 Å². The molecule has 1 aromatic heterocycles. The van der Waals surface area contributed by atoms with Gasteiger partial charge in [0.1, 0.15) is 6.04 Å². The number of nitrogens with zero attached hydrogens (tertiary/aromatic N) is 3. The van der Waals surface area contributed by atoms with Gasteiger partial charge in [-0.1, -0.05) is 16.7 Å². The Morgan fingerprint density at radius 3 is 2.74 bits per heavy atom. The molecule has 146 valence electrons. The second-order valence-electron chi connectivity index (χ2n) is 6.04. The summed E-state index contributed by atoms with van der Waals surface area (Å²) in [5.41, 5.74) is 0.658. The summed E-state index contributed by atoms with van der Waals surface area (Å²) in [4.78, 5) is 13.7. The van der Waals surface area contributed by atoms with Crippen LogP contribution < -0.4 is 5.32 Å². The van der Waals surface area contributed by atoms with Gasteiger partial charge in [0.05, 0.1) is 6.10 Å². The van der Waals surface area contributed by atoms with Gasteiger partial charge < -0.3 is 14.6 Å². The lowest BCUT2D eigenvalue weighted by atomic mass is 10.2. The molecule has 1 fully saturated rings. The van der Waals surface area contributed by atoms with Crippen LogP contribution in [0.1, 0.15) is 13.3 Å². The summed E-state index contributed by atoms with van der Waals surface area (Å²) in [5.74, 6) is -0.136. The zero-order valence-corrected chi connectivity index (χ0v) is 14.9. The maximum absolute atomic E-state index is 12.4. The number of amides is 1. The van der Waals surface area contributed by atoms with Gasteiger partial charge in [-0.05, 0) is 37.6 Å². The van der Waals surface area contributed by atoms with Crippen molar-refractivity contribution in [1.29, 1.82) is 0 Å². The number of benzene rings is 1. The van der Waals surface area contributed by atoms with E-state index in [1.54, 1.807) is 31.2 Å². The molecule has 11 heteroatoms. The Balaban J connectivity index is 1.57. The van der Waals surface area contributed by atoms with E-state index < -0.39 is 18.5 Å². The lowest BCUT2D eigenvalue weighted by Crippen LogP contribution is -2.41. The summed E-state index contributed by atoms with van der Waals surface area (Å²) in [6.45, 7) is 1.63. The van der Waals surface area contributed by atoms with Crippen LogP contribution in [0.5, 0.6) is 0 Å². The molecule has 2 heterocycles. The standard InChI is InChI=1S/C16H16ClF3N4O3/c1-9(14(25)24-7-6-12(8-24)27-16(18,19)20)21-15-23-22-13(26-15)10-2-4-11(17)5-3-10/h2-5,9,12H,6-8H2,1H3,(H,21,23)/t9-,12+/m1/s1. The lowest BCUT2D eigenvalue weighted by molar-refractivity contribution is -0.340. The van der Waals surface area contributed by atoms with Crippen molar-refractivity contribution in [3.8, 4) is 11.5 Å². The highest BCUT2D eigenvalue weighted by molar-refractivity contribution is 6.30. The normalized spacial score (nSPS) is 18.6. The van der Waals surface area contributed by atoms with Crippen molar-refractivity contribution in [2.75, 3.05) is 18.4 Å². The van der Waals surface area contributed by atoms with Crippen LogP contribution in [0, 0.1) is 0 Å². The Bertz CT molecular complexity index is 797. The van der Waals surface area contributed by atoms with Gasteiger partial charge in [0, 0.05) is 23.7 Å². The first-order valence-corrected chi connectivity index (χ1v) is 8.48. The van der Waals surface area contributed by atoms with Gasteiger partial charge in [0.2, 0.25) is 11.8 Å². The number of alkyl halides is 3. The van der Waals surface area contributed by atoms with Gasteiger partial charge in [0.15, 0.2) is 0 Å². The molecule has 0 saturated carbocycles. The first kappa shape index (κ1) is 19.4. The number of anilines is 1. The van der Waals surface area contributed by atoms with Crippen molar-refractivity contribution in [2.45, 2.75) is 31.9 Å². The van der Waals surface area contributed by atoms with Crippen molar-refractivity contribution in [2.24, 2.45) is 0 Å². The summed E-state index contributed by atoms with van der Waals surface area (Å²) in [7, 11) is 0. The highest BCUT2D eigenvalue weighted by atomic mass is 35.5. The molecule has 3 rings (SSSR count). The van der Waals surface area contributed by atoms with E-state index in [0.29, 0.717) is 10.6 Å². The molecule has 0 aliphatic carbocycles. The Kier molecular flexibility index (Phi) is 5.56. The van der Waals surface area contributed by atoms with Crippen molar-refractivity contribution in [1.82, 2.24) is 15.1 Å². The summed E-state index contributed by atoms with van der Waals surface area (Å²) >= 11 is 5.82. The predicted molar refractivity (Wildman–Crippen MR) is 90.0 cm³/mol. The van der Waals surface area contributed by atoms with E-state index >= 15 is 0 Å². The Morgan fingerprint density at radius 1 is 1.37 bits per heavy atom. The number of likely N-dealkylation sites (tertiary alicyclic amines) is 1. The fourth-order valence-corrected chi connectivity index (χ4v) is 2.85. The molecule has 1 saturated heterocycles. The molecule has 0 unspecified atom stereocenters. The third-order valence-electron chi connectivity index (χ3n) is 3.98. The highest BCUT2D eigenvalue weighted by Gasteiger charge is 2.38. The summed E-state index contributed by atoms with van der Waals surface area (Å²) in [6, 6.07) is 6.04. The predicted octanol–water partition coefficient (Wildman–Crippen LogP) is 3.33. The minimum Gasteiger partial charge on any atom is -0.403 e. The molecular weight excluding hydrogens is 389 g/mol. The Morgan fingerprint density at radius 2 is 2.07 bits per heavy atom. The number of nitrogens with one attached hydrogen (secondary N) is 1. The van der Waals surface area contributed by atoms with E-state index in [2.05, 4.69) is 20.3 Å². The lowest BCUT2D eigenvalue weighted by Gasteiger charge is -2.21. The third-order valence-corrected chi connectivity index (χ3v) is 4.24. The number of ether oxygens (including phenoxy) is 1. The van der Waals surface area contributed by atoms with E-state index in [1.165, 1.54) is 4.90 Å². The van der Waals surface area contributed by atoms with Crippen LogP contribution in [-0.2, 0) is 9.53 Å². The number of hydrogen-bond donors (Lipinski definition) is 1. The minimum absolute atomic E-state index is 0.0306. The largest absolute Gasteiger partial charge is 0.522 e. The average Bonchev–Trinajstić information content (AvgIpc) is 3.23. The topological polar surface area (TPSA) is 80.5 Å². The van der Waals surface area contributed by atoms with Crippen molar-refractivity contribution in [3.05, 3.63) is 29.3 Å². The third kappa shape index (κ3) is 5.10. The monoisotopic (exact) mass is 404 g/mol. The van der Waals surface area contributed by atoms with Crippen LogP contribution in [0.2, 0.25) is 5.02 Å². The molecule has 7 nitrogen and oxygen atoms in total. The van der Waals surface area contributed by atoms with E-state index in [1.807, 2.05) is 0 Å². The zero-order chi connectivity index (χ0) is 19.6. The SMILES string of the molecule is C[C@@H](Nc1nnc(-c2ccc(Cl)cc2)o1)C(=O)N1CC[C@H](OC(F)(F)F)C1. The quantitative estimate of drug-likeness (QED) is 0.823. The molecule has 1 amide bonds. The van der Waals surface area contributed by atoms with Gasteiger partial charge in [-0.2, -0.15) is 0 Å². The number of halogens is 4. The summed E-state index contributed by atoms with van der Waals surface area (Å²) < 4.78 is 46.3. The molecule has 1 N–H and O–H groups in total. The number of hydrogen-bond acceptors (Lipinski definition) is 6. The van der Waals surface area contributed by atoms with Crippen LogP contribution in [-0.4, -0.2) is 52.6 Å². The molecule has 0 radical (unpaired) electrons. The molecule has 1 aliphatic rings. The second-order valence-corrected chi connectivity index (χ2v) is 6.48. The van der Waals surface area contributed by atoms with Crippen LogP contribution in [0.3, 0.4) is 0 Å². The van der Waals surface area contributed by atoms with E-state index in [0.717, 1.165) is 0 Å². The van der Waals surface area contributed by atoms with Crippen molar-refractivity contribution < 1.29 is 27.1 Å². The number of rotatable bonds is 5. The first-order chi connectivity index (χ1) is 12.7. The molecule has 27 heavy (non-hydrogen) atoms. The summed E-state index contributed by atoms with van der Waals surface area (Å²) in [5, 5.41) is 11.0. The smallest absolute Gasteiger partial charge is 0.403 e. The summed E-state index contributed by atoms with van der Waals surface area (Å²) in [6.07, 6.45) is -5.64. The van der Waals surface area contributed by atoms with Crippen molar-refractivity contribution >= 4 is 23.5 Å². The second kappa shape index (κ2) is 7.73. The van der Waals surface area contributed by atoms with Crippen LogP contribution in [0.15, 0.2) is 28.7 Å². The number of carbonyl (C=O) groups is 1. The van der Waals surface area contributed by atoms with Gasteiger partial charge in [-0.25, -0.2) is 0 Å². The molecule has 2 atom stereocenters. The average molecular weight is 405 g/mol. The highest BCUT2D eigenvalue weighted by Crippen LogP contribution is 2.25. The molecule has 1 aliphatic heterocycles. The maximum Gasteiger partial charge on any atom is 0.522 e. The van der Waals surface area contributed by atoms with Crippen LogP contribution in [0.25, 0.3) is 11.5 Å². The molecule has 2 aromatic rings. The molecular formula is C16H16ClF3N4O3. The van der Waals surface area contributed by atoms with Crippen LogP contribution >= 0.6 is 11.6 Å². The molecule has 1 aromatic carbocycles. The maximum atomic E-state index is 12.4. The van der Waals surface area contributed by atoms with E-state index in [-0.39, 0.29) is 37.3 Å². The van der Waals surface area contributed by atoms with Gasteiger partial charge in [0.25, 0.3) is 0 Å². The number of aromatic nitrogens is 2. The molecule has 0 spiro atoms. The van der Waals surface area contributed by atoms with Gasteiger partial charge in [-0.3, -0.25) is 9.53 Å². The first-order valence-electron chi connectivity index (χ1n) is 8.10. The van der Waals surface area contributed by atoms with Crippen molar-refractivity contribution in [3.63, 3.8) is 0 Å². The zero-order valence-electron chi connectivity index (χ0n) is 14.2. The Hall–Kier alpha value is -2.33. The van der Waals surface area contributed by atoms with E-state index in [4.69, 9.17) is 16.0 Å². The van der Waals surface area contributed by atoms with Crippen LogP contribution in [0.4, 0.5) is 19.2 Å². The number of carbonyl (C=O) groups excluding carboxylic acids is 1. The van der Waals surface area contributed by atoms with E-state index in [9.17, 15) is 18.0 Å². The fraction of sp³-hybridized carbons (Fsp3) is 0.438. The minimum atomic E-state index is -4.71. The fourth-order valence-electron chi connectivity index (χ4n) is 2.73. The van der Waals surface area contributed by atoms with Gasteiger partial charge >= 0.3 is 12.4 Å². The Labute approximate surface area is 157 Å².